The lowest BCUT2D eigenvalue weighted by Crippen LogP contribution is -2.49. The van der Waals surface area contributed by atoms with E-state index in [1.165, 1.54) is 0 Å². The van der Waals surface area contributed by atoms with Gasteiger partial charge in [-0.05, 0) is 19.3 Å². The Kier molecular flexibility index (Phi) is 2.46. The molecule has 4 heteroatoms. The number of carbonyl (C=O) groups is 1. The van der Waals surface area contributed by atoms with Crippen LogP contribution in [0.3, 0.4) is 0 Å². The van der Waals surface area contributed by atoms with Crippen LogP contribution in [0.1, 0.15) is 19.3 Å². The van der Waals surface area contributed by atoms with Crippen molar-refractivity contribution >= 4 is 5.97 Å². The van der Waals surface area contributed by atoms with Gasteiger partial charge in [-0.25, -0.2) is 4.79 Å². The molecule has 0 aromatic rings. The van der Waals surface area contributed by atoms with Crippen molar-refractivity contribution in [2.24, 2.45) is 0 Å². The van der Waals surface area contributed by atoms with Gasteiger partial charge in [0.25, 0.3) is 0 Å². The molecule has 4 nitrogen and oxygen atoms in total. The summed E-state index contributed by atoms with van der Waals surface area (Å²) < 4.78 is -0.519. The minimum absolute atomic E-state index is 0.264. The number of aliphatic carboxylic acids is 1. The zero-order valence-electron chi connectivity index (χ0n) is 6.45. The summed E-state index contributed by atoms with van der Waals surface area (Å²) in [6, 6.07) is 0. The molecule has 0 amide bonds. The molecule has 0 radical (unpaired) electrons. The van der Waals surface area contributed by atoms with Gasteiger partial charge in [-0.15, -0.1) is 0 Å². The monoisotopic (exact) mass is 159 g/mol. The highest BCUT2D eigenvalue weighted by atomic mass is 16.5. The largest absolute Gasteiger partial charge is 0.632 e. The topological polar surface area (TPSA) is 60.4 Å². The third kappa shape index (κ3) is 2.48. The van der Waals surface area contributed by atoms with Gasteiger partial charge >= 0.3 is 5.97 Å². The zero-order valence-corrected chi connectivity index (χ0v) is 6.45. The van der Waals surface area contributed by atoms with Gasteiger partial charge in [-0.2, -0.15) is 0 Å². The number of piperidine rings is 1. The van der Waals surface area contributed by atoms with Gasteiger partial charge in [0.2, 0.25) is 0 Å². The van der Waals surface area contributed by atoms with E-state index in [1.807, 2.05) is 0 Å². The number of hydrogen-bond donors (Lipinski definition) is 1. The smallest absolute Gasteiger partial charge is 0.359 e. The Morgan fingerprint density at radius 2 is 1.91 bits per heavy atom. The molecular formula is C7H13NO3. The van der Waals surface area contributed by atoms with E-state index in [1.54, 1.807) is 0 Å². The fraction of sp³-hybridized carbons (Fsp3) is 0.857. The standard InChI is InChI=1S/C7H13NO3/c9-7(10)6-8(11)4-2-1-3-5-8/h1-6H2,(H,9,10). The molecule has 0 aromatic carbocycles. The van der Waals surface area contributed by atoms with Crippen molar-refractivity contribution < 1.29 is 14.5 Å². The molecule has 0 unspecified atom stereocenters. The van der Waals surface area contributed by atoms with Crippen LogP contribution in [0, 0.1) is 5.21 Å². The van der Waals surface area contributed by atoms with Gasteiger partial charge in [-0.3, -0.25) is 0 Å². The number of likely N-dealkylation sites (tertiary alicyclic amines) is 1. The number of carboxylic acid groups (broad SMARTS) is 1. The van der Waals surface area contributed by atoms with Gasteiger partial charge in [-0.1, -0.05) is 0 Å². The van der Waals surface area contributed by atoms with Crippen molar-refractivity contribution in [1.29, 1.82) is 0 Å². The van der Waals surface area contributed by atoms with Crippen LogP contribution in [0.5, 0.6) is 0 Å². The normalized spacial score (nSPS) is 23.0. The molecule has 1 fully saturated rings. The van der Waals surface area contributed by atoms with Crippen LogP contribution >= 0.6 is 0 Å². The van der Waals surface area contributed by atoms with Gasteiger partial charge < -0.3 is 15.0 Å². The molecule has 1 N–H and O–H groups in total. The first kappa shape index (κ1) is 8.49. The minimum Gasteiger partial charge on any atom is -0.632 e. The summed E-state index contributed by atoms with van der Waals surface area (Å²) >= 11 is 0. The van der Waals surface area contributed by atoms with Crippen LogP contribution in [-0.2, 0) is 4.79 Å². The Morgan fingerprint density at radius 3 is 2.36 bits per heavy atom. The maximum atomic E-state index is 11.5. The van der Waals surface area contributed by atoms with Crippen LogP contribution in [0.25, 0.3) is 0 Å². The first-order chi connectivity index (χ1) is 5.12. The van der Waals surface area contributed by atoms with Crippen molar-refractivity contribution in [3.05, 3.63) is 5.21 Å². The van der Waals surface area contributed by atoms with Gasteiger partial charge in [0.15, 0.2) is 6.54 Å². The number of hydroxylamine groups is 3. The lowest BCUT2D eigenvalue weighted by molar-refractivity contribution is -0.878. The van der Waals surface area contributed by atoms with E-state index in [2.05, 4.69) is 0 Å². The molecule has 0 atom stereocenters. The molecule has 1 saturated heterocycles. The quantitative estimate of drug-likeness (QED) is 0.473. The maximum Gasteiger partial charge on any atom is 0.359 e. The van der Waals surface area contributed by atoms with Crippen molar-refractivity contribution in [2.45, 2.75) is 19.3 Å². The average Bonchev–Trinajstić information content (AvgIpc) is 1.85. The predicted octanol–water partition coefficient (Wildman–Crippen LogP) is 0.569. The van der Waals surface area contributed by atoms with Crippen molar-refractivity contribution in [3.63, 3.8) is 0 Å². The van der Waals surface area contributed by atoms with Crippen molar-refractivity contribution in [3.8, 4) is 0 Å². The molecule has 64 valence electrons. The van der Waals surface area contributed by atoms with Crippen LogP contribution in [-0.4, -0.2) is 35.4 Å². The van der Waals surface area contributed by atoms with Gasteiger partial charge in [0.05, 0.1) is 13.1 Å². The Balaban J connectivity index is 2.43. The first-order valence-corrected chi connectivity index (χ1v) is 3.91. The molecule has 1 aliphatic heterocycles. The fourth-order valence-electron chi connectivity index (χ4n) is 1.49. The summed E-state index contributed by atoms with van der Waals surface area (Å²) in [5, 5.41) is 19.9. The summed E-state index contributed by atoms with van der Waals surface area (Å²) in [5.74, 6) is -0.984. The van der Waals surface area contributed by atoms with Crippen molar-refractivity contribution in [2.75, 3.05) is 19.6 Å². The van der Waals surface area contributed by atoms with E-state index in [-0.39, 0.29) is 6.54 Å². The van der Waals surface area contributed by atoms with Crippen LogP contribution in [0.2, 0.25) is 0 Å². The van der Waals surface area contributed by atoms with E-state index in [0.717, 1.165) is 19.3 Å². The van der Waals surface area contributed by atoms with E-state index < -0.39 is 10.6 Å². The number of nitrogens with zero attached hydrogens (tertiary/aromatic N) is 1. The Bertz CT molecular complexity index is 152. The summed E-state index contributed by atoms with van der Waals surface area (Å²) in [4.78, 5) is 10.3. The van der Waals surface area contributed by atoms with Crippen LogP contribution in [0.4, 0.5) is 0 Å². The molecule has 1 aliphatic rings. The molecule has 0 saturated carbocycles. The molecule has 1 rings (SSSR count). The summed E-state index contributed by atoms with van der Waals surface area (Å²) in [6.07, 6.45) is 2.81. The highest BCUT2D eigenvalue weighted by molar-refractivity contribution is 5.67. The molecule has 0 aromatic heterocycles. The van der Waals surface area contributed by atoms with E-state index >= 15 is 0 Å². The van der Waals surface area contributed by atoms with Gasteiger partial charge in [0.1, 0.15) is 0 Å². The second-order valence-corrected chi connectivity index (χ2v) is 3.12. The Hall–Kier alpha value is -0.610. The third-order valence-corrected chi connectivity index (χ3v) is 2.05. The third-order valence-electron chi connectivity index (χ3n) is 2.05. The molecule has 0 bridgehead atoms. The summed E-state index contributed by atoms with van der Waals surface area (Å²) in [5.41, 5.74) is 0. The van der Waals surface area contributed by atoms with Gasteiger partial charge in [0, 0.05) is 0 Å². The molecular weight excluding hydrogens is 146 g/mol. The summed E-state index contributed by atoms with van der Waals surface area (Å²) in [7, 11) is 0. The Morgan fingerprint density at radius 1 is 1.36 bits per heavy atom. The number of quaternary nitrogens is 1. The minimum atomic E-state index is -0.984. The lowest BCUT2D eigenvalue weighted by atomic mass is 10.1. The molecule has 11 heavy (non-hydrogen) atoms. The lowest BCUT2D eigenvalue weighted by Gasteiger charge is -2.43. The number of rotatable bonds is 2. The number of hydrogen-bond acceptors (Lipinski definition) is 2. The fourth-order valence-corrected chi connectivity index (χ4v) is 1.49. The first-order valence-electron chi connectivity index (χ1n) is 3.91. The maximum absolute atomic E-state index is 11.5. The highest BCUT2D eigenvalue weighted by Crippen LogP contribution is 2.16. The second kappa shape index (κ2) is 3.19. The Labute approximate surface area is 65.6 Å². The van der Waals surface area contributed by atoms with Crippen molar-refractivity contribution in [1.82, 2.24) is 0 Å². The molecule has 1 heterocycles. The summed E-state index contributed by atoms with van der Waals surface area (Å²) in [6.45, 7) is 0.693. The number of carboxylic acids is 1. The average molecular weight is 159 g/mol. The van der Waals surface area contributed by atoms with Crippen LogP contribution < -0.4 is 0 Å². The molecule has 0 spiro atoms. The SMILES string of the molecule is O=C(O)C[N+]1([O-])CCCCC1. The predicted molar refractivity (Wildman–Crippen MR) is 39.7 cm³/mol. The molecule has 0 aliphatic carbocycles. The van der Waals surface area contributed by atoms with Crippen LogP contribution in [0.15, 0.2) is 0 Å². The second-order valence-electron chi connectivity index (χ2n) is 3.12. The van der Waals surface area contributed by atoms with E-state index in [0.29, 0.717) is 13.1 Å². The zero-order chi connectivity index (χ0) is 8.32. The highest BCUT2D eigenvalue weighted by Gasteiger charge is 2.23. The van der Waals surface area contributed by atoms with E-state index in [9.17, 15) is 10.0 Å². The van der Waals surface area contributed by atoms with E-state index in [4.69, 9.17) is 5.11 Å².